The fourth-order valence-electron chi connectivity index (χ4n) is 2.40. The van der Waals surface area contributed by atoms with Gasteiger partial charge in [0.25, 0.3) is 0 Å². The van der Waals surface area contributed by atoms with Crippen LogP contribution in [0.4, 0.5) is 0 Å². The van der Waals surface area contributed by atoms with Gasteiger partial charge in [0.1, 0.15) is 5.75 Å². The molecule has 2 N–H and O–H groups in total. The van der Waals surface area contributed by atoms with Gasteiger partial charge in [0.05, 0.1) is 12.7 Å². The van der Waals surface area contributed by atoms with E-state index in [4.69, 9.17) is 10.5 Å². The van der Waals surface area contributed by atoms with E-state index in [1.807, 2.05) is 56.3 Å². The lowest BCUT2D eigenvalue weighted by atomic mass is 9.95. The lowest BCUT2D eigenvalue weighted by Crippen LogP contribution is -2.16. The molecule has 0 spiro atoms. The van der Waals surface area contributed by atoms with Gasteiger partial charge in [-0.25, -0.2) is 0 Å². The Labute approximate surface area is 125 Å². The molecule has 0 bridgehead atoms. The molecule has 2 aromatic rings. The Morgan fingerprint density at radius 3 is 2.43 bits per heavy atom. The second-order valence-electron chi connectivity index (χ2n) is 5.23. The lowest BCUT2D eigenvalue weighted by molar-refractivity contribution is 0.0971. The predicted octanol–water partition coefficient (Wildman–Crippen LogP) is 3.58. The number of aryl methyl sites for hydroxylation is 1. The maximum atomic E-state index is 12.5. The zero-order valence-electron chi connectivity index (χ0n) is 12.7. The van der Waals surface area contributed by atoms with Crippen molar-refractivity contribution in [2.24, 2.45) is 5.73 Å². The van der Waals surface area contributed by atoms with E-state index in [-0.39, 0.29) is 18.2 Å². The number of hydrogen-bond acceptors (Lipinski definition) is 3. The highest BCUT2D eigenvalue weighted by Crippen LogP contribution is 2.28. The average molecular weight is 283 g/mol. The van der Waals surface area contributed by atoms with E-state index < -0.39 is 0 Å². The van der Waals surface area contributed by atoms with Crippen molar-refractivity contribution < 1.29 is 9.53 Å². The number of methoxy groups -OCH3 is 1. The molecule has 0 aromatic heterocycles. The van der Waals surface area contributed by atoms with Crippen molar-refractivity contribution >= 4 is 5.78 Å². The van der Waals surface area contributed by atoms with Crippen LogP contribution >= 0.6 is 0 Å². The molecule has 21 heavy (non-hydrogen) atoms. The van der Waals surface area contributed by atoms with Gasteiger partial charge in [0, 0.05) is 12.5 Å². The Bertz CT molecular complexity index is 635. The molecule has 0 aliphatic rings. The van der Waals surface area contributed by atoms with Crippen LogP contribution in [0.15, 0.2) is 42.5 Å². The number of carbonyl (C=O) groups is 1. The fourth-order valence-corrected chi connectivity index (χ4v) is 2.40. The summed E-state index contributed by atoms with van der Waals surface area (Å²) in [5.74, 6) is 0.659. The van der Waals surface area contributed by atoms with Crippen LogP contribution in [-0.4, -0.2) is 12.9 Å². The molecule has 2 rings (SSSR count). The van der Waals surface area contributed by atoms with Gasteiger partial charge in [-0.3, -0.25) is 4.79 Å². The summed E-state index contributed by atoms with van der Waals surface area (Å²) in [5.41, 5.74) is 9.81. The van der Waals surface area contributed by atoms with Crippen molar-refractivity contribution in [3.8, 4) is 5.75 Å². The van der Waals surface area contributed by atoms with E-state index in [2.05, 4.69) is 0 Å². The fraction of sp³-hybridized carbons (Fsp3) is 0.278. The summed E-state index contributed by atoms with van der Waals surface area (Å²) in [4.78, 5) is 12.5. The molecule has 0 radical (unpaired) electrons. The summed E-state index contributed by atoms with van der Waals surface area (Å²) in [5, 5.41) is 0. The number of nitrogens with two attached hydrogens (primary N) is 1. The average Bonchev–Trinajstić information content (AvgIpc) is 2.50. The van der Waals surface area contributed by atoms with Crippen LogP contribution in [0, 0.1) is 13.8 Å². The van der Waals surface area contributed by atoms with E-state index in [0.717, 1.165) is 16.7 Å². The van der Waals surface area contributed by atoms with Crippen molar-refractivity contribution in [1.82, 2.24) is 0 Å². The Balaban J connectivity index is 2.23. The maximum absolute atomic E-state index is 12.5. The number of ketones is 1. The van der Waals surface area contributed by atoms with Gasteiger partial charge >= 0.3 is 0 Å². The Morgan fingerprint density at radius 2 is 1.81 bits per heavy atom. The quantitative estimate of drug-likeness (QED) is 0.853. The SMILES string of the molecule is COc1c(C(=O)CC(N)c2ccccc2)ccc(C)c1C. The van der Waals surface area contributed by atoms with Crippen LogP contribution < -0.4 is 10.5 Å². The molecule has 3 nitrogen and oxygen atoms in total. The van der Waals surface area contributed by atoms with Crippen molar-refractivity contribution in [2.75, 3.05) is 7.11 Å². The normalized spacial score (nSPS) is 12.0. The predicted molar refractivity (Wildman–Crippen MR) is 84.8 cm³/mol. The zero-order chi connectivity index (χ0) is 15.4. The van der Waals surface area contributed by atoms with Crippen LogP contribution in [0.3, 0.4) is 0 Å². The number of Topliss-reactive ketones (excluding diaryl/α,β-unsaturated/α-hetero) is 1. The lowest BCUT2D eigenvalue weighted by Gasteiger charge is -2.15. The molecule has 0 aliphatic heterocycles. The molecule has 0 heterocycles. The van der Waals surface area contributed by atoms with Gasteiger partial charge in [-0.1, -0.05) is 36.4 Å². The molecule has 1 unspecified atom stereocenters. The van der Waals surface area contributed by atoms with E-state index in [0.29, 0.717) is 11.3 Å². The highest BCUT2D eigenvalue weighted by atomic mass is 16.5. The highest BCUT2D eigenvalue weighted by molar-refractivity contribution is 5.99. The molecule has 3 heteroatoms. The van der Waals surface area contributed by atoms with Gasteiger partial charge in [-0.2, -0.15) is 0 Å². The molecule has 110 valence electrons. The van der Waals surface area contributed by atoms with Crippen LogP contribution in [0.1, 0.15) is 39.5 Å². The maximum Gasteiger partial charge on any atom is 0.168 e. The second-order valence-corrected chi connectivity index (χ2v) is 5.23. The van der Waals surface area contributed by atoms with E-state index in [1.165, 1.54) is 0 Å². The molecule has 0 amide bonds. The minimum absolute atomic E-state index is 0.00584. The van der Waals surface area contributed by atoms with Gasteiger partial charge < -0.3 is 10.5 Å². The van der Waals surface area contributed by atoms with Crippen LogP contribution in [0.5, 0.6) is 5.75 Å². The minimum atomic E-state index is -0.301. The third kappa shape index (κ3) is 3.31. The van der Waals surface area contributed by atoms with E-state index >= 15 is 0 Å². The first-order chi connectivity index (χ1) is 10.0. The molecule has 0 saturated carbocycles. The monoisotopic (exact) mass is 283 g/mol. The first kappa shape index (κ1) is 15.3. The van der Waals surface area contributed by atoms with Crippen molar-refractivity contribution in [3.63, 3.8) is 0 Å². The summed E-state index contributed by atoms with van der Waals surface area (Å²) in [6.07, 6.45) is 0.267. The summed E-state index contributed by atoms with van der Waals surface area (Å²) in [6, 6.07) is 13.1. The second kappa shape index (κ2) is 6.55. The molecule has 0 fully saturated rings. The van der Waals surface area contributed by atoms with Crippen molar-refractivity contribution in [1.29, 1.82) is 0 Å². The highest BCUT2D eigenvalue weighted by Gasteiger charge is 2.18. The molecule has 1 atom stereocenters. The van der Waals surface area contributed by atoms with Gasteiger partial charge in [0.2, 0.25) is 0 Å². The van der Waals surface area contributed by atoms with E-state index in [1.54, 1.807) is 7.11 Å². The standard InChI is InChI=1S/C18H21NO2/c1-12-9-10-15(18(21-3)13(12)2)17(20)11-16(19)14-7-5-4-6-8-14/h4-10,16H,11,19H2,1-3H3. The van der Waals surface area contributed by atoms with Crippen molar-refractivity contribution in [2.45, 2.75) is 26.3 Å². The third-order valence-electron chi connectivity index (χ3n) is 3.81. The summed E-state index contributed by atoms with van der Waals surface area (Å²) in [6.45, 7) is 3.96. The number of hydrogen-bond donors (Lipinski definition) is 1. The molecular formula is C18H21NO2. The van der Waals surface area contributed by atoms with Crippen LogP contribution in [-0.2, 0) is 0 Å². The first-order valence-corrected chi connectivity index (χ1v) is 7.02. The first-order valence-electron chi connectivity index (χ1n) is 7.02. The molecule has 0 saturated heterocycles. The zero-order valence-corrected chi connectivity index (χ0v) is 12.7. The Kier molecular flexibility index (Phi) is 4.76. The van der Waals surface area contributed by atoms with Crippen molar-refractivity contribution in [3.05, 3.63) is 64.7 Å². The summed E-state index contributed by atoms with van der Waals surface area (Å²) < 4.78 is 5.40. The molecule has 2 aromatic carbocycles. The largest absolute Gasteiger partial charge is 0.496 e. The molecule has 0 aliphatic carbocycles. The van der Waals surface area contributed by atoms with Gasteiger partial charge in [-0.05, 0) is 36.6 Å². The number of carbonyl (C=O) groups excluding carboxylic acids is 1. The van der Waals surface area contributed by atoms with Gasteiger partial charge in [0.15, 0.2) is 5.78 Å². The molecular weight excluding hydrogens is 262 g/mol. The number of benzene rings is 2. The topological polar surface area (TPSA) is 52.3 Å². The Hall–Kier alpha value is -2.13. The summed E-state index contributed by atoms with van der Waals surface area (Å²) in [7, 11) is 1.59. The third-order valence-corrected chi connectivity index (χ3v) is 3.81. The number of rotatable bonds is 5. The van der Waals surface area contributed by atoms with Gasteiger partial charge in [-0.15, -0.1) is 0 Å². The minimum Gasteiger partial charge on any atom is -0.496 e. The van der Waals surface area contributed by atoms with Crippen LogP contribution in [0.2, 0.25) is 0 Å². The number of ether oxygens (including phenoxy) is 1. The Morgan fingerprint density at radius 1 is 1.14 bits per heavy atom. The smallest absolute Gasteiger partial charge is 0.168 e. The van der Waals surface area contributed by atoms with E-state index in [9.17, 15) is 4.79 Å². The summed E-state index contributed by atoms with van der Waals surface area (Å²) >= 11 is 0. The van der Waals surface area contributed by atoms with Crippen LogP contribution in [0.25, 0.3) is 0 Å².